The van der Waals surface area contributed by atoms with E-state index in [-0.39, 0.29) is 11.9 Å². The number of methoxy groups -OCH3 is 1. The van der Waals surface area contributed by atoms with E-state index in [9.17, 15) is 9.18 Å². The molecule has 2 N–H and O–H groups in total. The number of halogens is 1. The average Bonchev–Trinajstić information content (AvgIpc) is 2.95. The third-order valence-electron chi connectivity index (χ3n) is 3.45. The van der Waals surface area contributed by atoms with E-state index in [1.54, 1.807) is 25.1 Å². The molecule has 2 rings (SSSR count). The molecule has 0 radical (unpaired) electrons. The van der Waals surface area contributed by atoms with Gasteiger partial charge >= 0.3 is 5.97 Å². The Morgan fingerprint density at radius 1 is 1.38 bits per heavy atom. The van der Waals surface area contributed by atoms with E-state index >= 15 is 0 Å². The lowest BCUT2D eigenvalue weighted by atomic mass is 10.1. The minimum absolute atomic E-state index is 0.00461. The normalized spacial score (nSPS) is 12.2. The van der Waals surface area contributed by atoms with E-state index in [4.69, 9.17) is 0 Å². The van der Waals surface area contributed by atoms with Crippen molar-refractivity contribution in [2.45, 2.75) is 26.4 Å². The molecule has 1 atom stereocenters. The van der Waals surface area contributed by atoms with Gasteiger partial charge in [0.2, 0.25) is 0 Å². The highest BCUT2D eigenvalue weighted by atomic mass is 19.1. The Labute approximate surface area is 123 Å². The zero-order valence-corrected chi connectivity index (χ0v) is 12.4. The van der Waals surface area contributed by atoms with Crippen molar-refractivity contribution in [3.05, 3.63) is 58.7 Å². The molecule has 1 aromatic carbocycles. The van der Waals surface area contributed by atoms with Crippen molar-refractivity contribution >= 4 is 5.97 Å². The number of esters is 1. The fraction of sp³-hybridized carbons (Fsp3) is 0.312. The number of aromatic amines is 1. The number of carbonyl (C=O) groups is 1. The predicted octanol–water partition coefficient (Wildman–Crippen LogP) is 3.10. The largest absolute Gasteiger partial charge is 0.464 e. The molecule has 112 valence electrons. The fourth-order valence-corrected chi connectivity index (χ4v) is 2.03. The second-order valence-corrected chi connectivity index (χ2v) is 5.00. The molecule has 1 heterocycles. The van der Waals surface area contributed by atoms with Crippen LogP contribution in [0.5, 0.6) is 0 Å². The SMILES string of the molecule is COC(=O)c1ccc(CNC(C)c2ccc(C)c(F)c2)[nH]1. The third kappa shape index (κ3) is 3.70. The number of rotatable bonds is 5. The Morgan fingerprint density at radius 3 is 2.81 bits per heavy atom. The zero-order valence-electron chi connectivity index (χ0n) is 12.4. The minimum atomic E-state index is -0.394. The lowest BCUT2D eigenvalue weighted by Crippen LogP contribution is -2.18. The maximum atomic E-state index is 13.5. The summed E-state index contributed by atoms with van der Waals surface area (Å²) in [4.78, 5) is 14.3. The van der Waals surface area contributed by atoms with Crippen molar-refractivity contribution in [1.29, 1.82) is 0 Å². The lowest BCUT2D eigenvalue weighted by molar-refractivity contribution is 0.0594. The van der Waals surface area contributed by atoms with Crippen LogP contribution in [0.1, 0.15) is 40.3 Å². The number of carbonyl (C=O) groups excluding carboxylic acids is 1. The molecule has 0 fully saturated rings. The summed E-state index contributed by atoms with van der Waals surface area (Å²) in [6.45, 7) is 4.26. The molecule has 0 spiro atoms. The molecular formula is C16H19FN2O2. The number of H-pyrrole nitrogens is 1. The topological polar surface area (TPSA) is 54.1 Å². The minimum Gasteiger partial charge on any atom is -0.464 e. The Kier molecular flexibility index (Phi) is 4.75. The molecule has 0 bridgehead atoms. The van der Waals surface area contributed by atoms with Crippen LogP contribution >= 0.6 is 0 Å². The van der Waals surface area contributed by atoms with E-state index in [2.05, 4.69) is 15.0 Å². The first kappa shape index (κ1) is 15.3. The van der Waals surface area contributed by atoms with E-state index in [0.717, 1.165) is 11.3 Å². The highest BCUT2D eigenvalue weighted by Crippen LogP contribution is 2.16. The Bertz CT molecular complexity index is 637. The fourth-order valence-electron chi connectivity index (χ4n) is 2.03. The second kappa shape index (κ2) is 6.54. The van der Waals surface area contributed by atoms with Gasteiger partial charge in [0.1, 0.15) is 11.5 Å². The molecule has 0 aliphatic carbocycles. The number of hydrogen-bond donors (Lipinski definition) is 2. The van der Waals surface area contributed by atoms with Crippen LogP contribution in [-0.4, -0.2) is 18.1 Å². The standard InChI is InChI=1S/C16H19FN2O2/c1-10-4-5-12(8-14(10)17)11(2)18-9-13-6-7-15(19-13)16(20)21-3/h4-8,11,18-19H,9H2,1-3H3. The molecule has 1 unspecified atom stereocenters. The van der Waals surface area contributed by atoms with Gasteiger partial charge in [0.05, 0.1) is 7.11 Å². The van der Waals surface area contributed by atoms with Crippen molar-refractivity contribution in [3.8, 4) is 0 Å². The number of ether oxygens (including phenoxy) is 1. The van der Waals surface area contributed by atoms with Crippen LogP contribution in [0.25, 0.3) is 0 Å². The Balaban J connectivity index is 1.97. The molecule has 5 heteroatoms. The van der Waals surface area contributed by atoms with Crippen LogP contribution in [0.4, 0.5) is 4.39 Å². The second-order valence-electron chi connectivity index (χ2n) is 5.00. The van der Waals surface area contributed by atoms with Gasteiger partial charge in [-0.1, -0.05) is 12.1 Å². The summed E-state index contributed by atoms with van der Waals surface area (Å²) in [5.74, 6) is -0.594. The van der Waals surface area contributed by atoms with Gasteiger partial charge in [-0.05, 0) is 43.2 Å². The van der Waals surface area contributed by atoms with E-state index < -0.39 is 5.97 Å². The summed E-state index contributed by atoms with van der Waals surface area (Å²) in [6.07, 6.45) is 0. The van der Waals surface area contributed by atoms with E-state index in [1.807, 2.05) is 19.1 Å². The van der Waals surface area contributed by atoms with Crippen molar-refractivity contribution in [2.24, 2.45) is 0 Å². The number of benzene rings is 1. The van der Waals surface area contributed by atoms with E-state index in [1.165, 1.54) is 7.11 Å². The maximum absolute atomic E-state index is 13.5. The van der Waals surface area contributed by atoms with Crippen molar-refractivity contribution in [1.82, 2.24) is 10.3 Å². The monoisotopic (exact) mass is 290 g/mol. The molecule has 0 aliphatic heterocycles. The summed E-state index contributed by atoms with van der Waals surface area (Å²) in [5.41, 5.74) is 2.81. The molecule has 2 aromatic rings. The molecule has 1 aromatic heterocycles. The molecule has 0 aliphatic rings. The van der Waals surface area contributed by atoms with Crippen LogP contribution < -0.4 is 5.32 Å². The number of hydrogen-bond acceptors (Lipinski definition) is 3. The molecule has 0 saturated heterocycles. The summed E-state index contributed by atoms with van der Waals surface area (Å²) < 4.78 is 18.2. The van der Waals surface area contributed by atoms with E-state index in [0.29, 0.717) is 17.8 Å². The number of nitrogens with one attached hydrogen (secondary N) is 2. The molecule has 21 heavy (non-hydrogen) atoms. The third-order valence-corrected chi connectivity index (χ3v) is 3.45. The van der Waals surface area contributed by atoms with Crippen LogP contribution in [-0.2, 0) is 11.3 Å². The number of aromatic nitrogens is 1. The van der Waals surface area contributed by atoms with Crippen molar-refractivity contribution in [3.63, 3.8) is 0 Å². The van der Waals surface area contributed by atoms with Gasteiger partial charge in [0, 0.05) is 18.3 Å². The smallest absolute Gasteiger partial charge is 0.354 e. The first-order chi connectivity index (χ1) is 10.0. The van der Waals surface area contributed by atoms with Gasteiger partial charge in [-0.25, -0.2) is 9.18 Å². The molecule has 4 nitrogen and oxygen atoms in total. The highest BCUT2D eigenvalue weighted by Gasteiger charge is 2.10. The molecule has 0 amide bonds. The van der Waals surface area contributed by atoms with Gasteiger partial charge in [0.25, 0.3) is 0 Å². The van der Waals surface area contributed by atoms with Gasteiger partial charge in [-0.3, -0.25) is 0 Å². The maximum Gasteiger partial charge on any atom is 0.354 e. The van der Waals surface area contributed by atoms with Gasteiger partial charge in [-0.2, -0.15) is 0 Å². The van der Waals surface area contributed by atoms with Crippen LogP contribution in [0, 0.1) is 12.7 Å². The highest BCUT2D eigenvalue weighted by molar-refractivity contribution is 5.87. The summed E-state index contributed by atoms with van der Waals surface area (Å²) in [7, 11) is 1.34. The zero-order chi connectivity index (χ0) is 15.4. The molecule has 0 saturated carbocycles. The summed E-state index contributed by atoms with van der Waals surface area (Å²) in [5, 5.41) is 3.28. The predicted molar refractivity (Wildman–Crippen MR) is 78.5 cm³/mol. The summed E-state index contributed by atoms with van der Waals surface area (Å²) in [6, 6.07) is 8.73. The summed E-state index contributed by atoms with van der Waals surface area (Å²) >= 11 is 0. The van der Waals surface area contributed by atoms with Crippen LogP contribution in [0.3, 0.4) is 0 Å². The van der Waals surface area contributed by atoms with Crippen molar-refractivity contribution < 1.29 is 13.9 Å². The number of aryl methyl sites for hydroxylation is 1. The van der Waals surface area contributed by atoms with Crippen molar-refractivity contribution in [2.75, 3.05) is 7.11 Å². The van der Waals surface area contributed by atoms with Gasteiger partial charge in [-0.15, -0.1) is 0 Å². The first-order valence-corrected chi connectivity index (χ1v) is 6.77. The average molecular weight is 290 g/mol. The van der Waals surface area contributed by atoms with Gasteiger partial charge in [0.15, 0.2) is 0 Å². The Hall–Kier alpha value is -2.14. The molecular weight excluding hydrogens is 271 g/mol. The first-order valence-electron chi connectivity index (χ1n) is 6.77. The van der Waals surface area contributed by atoms with Gasteiger partial charge < -0.3 is 15.0 Å². The Morgan fingerprint density at radius 2 is 2.14 bits per heavy atom. The lowest BCUT2D eigenvalue weighted by Gasteiger charge is -2.14. The quantitative estimate of drug-likeness (QED) is 0.832. The van der Waals surface area contributed by atoms with Crippen LogP contribution in [0.2, 0.25) is 0 Å². The van der Waals surface area contributed by atoms with Crippen LogP contribution in [0.15, 0.2) is 30.3 Å².